The van der Waals surface area contributed by atoms with Crippen molar-refractivity contribution in [2.24, 2.45) is 4.99 Å². The van der Waals surface area contributed by atoms with Crippen molar-refractivity contribution in [1.29, 1.82) is 0 Å². The van der Waals surface area contributed by atoms with Crippen LogP contribution in [0.1, 0.15) is 24.5 Å². The molecule has 134 valence electrons. The molecule has 1 saturated heterocycles. The summed E-state index contributed by atoms with van der Waals surface area (Å²) in [5.74, 6) is 0.939. The van der Waals surface area contributed by atoms with Gasteiger partial charge in [0.15, 0.2) is 5.96 Å². The number of guanidine groups is 1. The molecule has 1 aromatic rings. The first kappa shape index (κ1) is 19.5. The summed E-state index contributed by atoms with van der Waals surface area (Å²) in [4.78, 5) is 9.51. The maximum atomic E-state index is 4.44. The summed E-state index contributed by atoms with van der Waals surface area (Å²) < 4.78 is 0. The lowest BCUT2D eigenvalue weighted by molar-refractivity contribution is 0.132. The molecule has 2 heterocycles. The lowest BCUT2D eigenvalue weighted by atomic mass is 10.1. The summed E-state index contributed by atoms with van der Waals surface area (Å²) in [5.41, 5.74) is 2.71. The number of likely N-dealkylation sites (N-methyl/N-ethyl adjacent to an activating group) is 1. The minimum Gasteiger partial charge on any atom is -0.356 e. The molecule has 3 rings (SSSR count). The summed E-state index contributed by atoms with van der Waals surface area (Å²) in [5, 5.41) is 6.66. The number of hydrogen-bond donors (Lipinski definition) is 2. The summed E-state index contributed by atoms with van der Waals surface area (Å²) in [6.07, 6.45) is 1.13. The van der Waals surface area contributed by atoms with Gasteiger partial charge in [0.2, 0.25) is 0 Å². The Kier molecular flexibility index (Phi) is 8.28. The van der Waals surface area contributed by atoms with Gasteiger partial charge in [0.25, 0.3) is 0 Å². The number of hydrogen-bond acceptors (Lipinski definition) is 5. The molecule has 0 amide bonds. The van der Waals surface area contributed by atoms with Crippen LogP contribution in [0.2, 0.25) is 0 Å². The fourth-order valence-electron chi connectivity index (χ4n) is 3.12. The fraction of sp³-hybridized carbons (Fsp3) is 0.611. The number of nitrogens with zero attached hydrogens (tertiary/aromatic N) is 3. The zero-order valence-corrected chi connectivity index (χ0v) is 17.0. The highest BCUT2D eigenvalue weighted by molar-refractivity contribution is 14.0. The first-order valence-electron chi connectivity index (χ1n) is 8.88. The van der Waals surface area contributed by atoms with Crippen molar-refractivity contribution in [1.82, 2.24) is 20.4 Å². The predicted molar refractivity (Wildman–Crippen MR) is 111 cm³/mol. The van der Waals surface area contributed by atoms with Crippen LogP contribution in [-0.2, 0) is 13.1 Å². The van der Waals surface area contributed by atoms with Gasteiger partial charge in [-0.2, -0.15) is 0 Å². The van der Waals surface area contributed by atoms with E-state index in [4.69, 9.17) is 0 Å². The second kappa shape index (κ2) is 10.2. The third-order valence-electron chi connectivity index (χ3n) is 4.70. The van der Waals surface area contributed by atoms with Crippen LogP contribution in [0.3, 0.4) is 0 Å². The summed E-state index contributed by atoms with van der Waals surface area (Å²) in [7, 11) is 0. The summed E-state index contributed by atoms with van der Waals surface area (Å²) >= 11 is 0. The molecule has 0 bridgehead atoms. The Morgan fingerprint density at radius 2 is 1.71 bits per heavy atom. The van der Waals surface area contributed by atoms with E-state index in [1.807, 2.05) is 0 Å². The number of halogens is 1. The molecule has 1 fully saturated rings. The highest BCUT2D eigenvalue weighted by Crippen LogP contribution is 2.10. The van der Waals surface area contributed by atoms with E-state index in [2.05, 4.69) is 56.6 Å². The van der Waals surface area contributed by atoms with Crippen molar-refractivity contribution in [2.75, 3.05) is 45.8 Å². The number of rotatable bonds is 5. The standard InChI is InChI=1S/C18H29N5.HI/c1-2-22-10-12-23(13-11-22)15-17-6-4-16(5-7-17)14-21-18-19-8-3-9-20-18;/h4-7H,2-3,8-15H2,1H3,(H2,19,20,21);1H. The largest absolute Gasteiger partial charge is 0.356 e. The summed E-state index contributed by atoms with van der Waals surface area (Å²) in [6, 6.07) is 8.99. The van der Waals surface area contributed by atoms with Gasteiger partial charge in [0.05, 0.1) is 0 Å². The Balaban J connectivity index is 0.00000208. The maximum absolute atomic E-state index is 4.44. The van der Waals surface area contributed by atoms with E-state index in [9.17, 15) is 0 Å². The number of benzene rings is 1. The van der Waals surface area contributed by atoms with Crippen molar-refractivity contribution >= 4 is 29.9 Å². The number of piperazine rings is 1. The molecule has 6 heteroatoms. The van der Waals surface area contributed by atoms with Crippen molar-refractivity contribution in [3.05, 3.63) is 35.4 Å². The molecular formula is C18H30IN5. The van der Waals surface area contributed by atoms with Gasteiger partial charge in [-0.3, -0.25) is 9.89 Å². The zero-order valence-electron chi connectivity index (χ0n) is 14.6. The van der Waals surface area contributed by atoms with E-state index < -0.39 is 0 Å². The van der Waals surface area contributed by atoms with E-state index >= 15 is 0 Å². The van der Waals surface area contributed by atoms with Crippen molar-refractivity contribution in [3.8, 4) is 0 Å². The fourth-order valence-corrected chi connectivity index (χ4v) is 3.12. The molecule has 2 N–H and O–H groups in total. The molecule has 1 aromatic carbocycles. The first-order chi connectivity index (χ1) is 11.3. The maximum Gasteiger partial charge on any atom is 0.191 e. The van der Waals surface area contributed by atoms with E-state index in [1.54, 1.807) is 0 Å². The molecule has 2 aliphatic heterocycles. The van der Waals surface area contributed by atoms with Crippen molar-refractivity contribution in [3.63, 3.8) is 0 Å². The van der Waals surface area contributed by atoms with Gasteiger partial charge in [-0.15, -0.1) is 24.0 Å². The van der Waals surface area contributed by atoms with Crippen LogP contribution >= 0.6 is 24.0 Å². The summed E-state index contributed by atoms with van der Waals surface area (Å²) in [6.45, 7) is 12.1. The van der Waals surface area contributed by atoms with Gasteiger partial charge < -0.3 is 15.5 Å². The second-order valence-corrected chi connectivity index (χ2v) is 6.39. The topological polar surface area (TPSA) is 42.9 Å². The van der Waals surface area contributed by atoms with E-state index in [0.29, 0.717) is 0 Å². The Morgan fingerprint density at radius 1 is 1.04 bits per heavy atom. The molecule has 24 heavy (non-hydrogen) atoms. The molecular weight excluding hydrogens is 413 g/mol. The molecule has 0 spiro atoms. The number of nitrogens with one attached hydrogen (secondary N) is 2. The molecule has 0 aromatic heterocycles. The minimum absolute atomic E-state index is 0. The highest BCUT2D eigenvalue weighted by atomic mass is 127. The van der Waals surface area contributed by atoms with Gasteiger partial charge in [0, 0.05) is 52.4 Å². The molecule has 0 unspecified atom stereocenters. The molecule has 2 aliphatic rings. The Morgan fingerprint density at radius 3 is 2.33 bits per heavy atom. The van der Waals surface area contributed by atoms with Crippen molar-refractivity contribution < 1.29 is 0 Å². The van der Waals surface area contributed by atoms with Gasteiger partial charge in [-0.1, -0.05) is 31.2 Å². The van der Waals surface area contributed by atoms with Crippen LogP contribution in [0.15, 0.2) is 29.3 Å². The van der Waals surface area contributed by atoms with Crippen LogP contribution in [0.4, 0.5) is 0 Å². The van der Waals surface area contributed by atoms with E-state index in [-0.39, 0.29) is 24.0 Å². The Bertz CT molecular complexity index is 509. The minimum atomic E-state index is 0. The number of aliphatic imine (C=N–C) groups is 1. The molecule has 0 aliphatic carbocycles. The quantitative estimate of drug-likeness (QED) is 0.683. The van der Waals surface area contributed by atoms with Crippen LogP contribution in [0.5, 0.6) is 0 Å². The lowest BCUT2D eigenvalue weighted by Gasteiger charge is -2.34. The van der Waals surface area contributed by atoms with Crippen molar-refractivity contribution in [2.45, 2.75) is 26.4 Å². The average Bonchev–Trinajstić information content (AvgIpc) is 2.63. The van der Waals surface area contributed by atoms with Gasteiger partial charge >= 0.3 is 0 Å². The monoisotopic (exact) mass is 443 g/mol. The first-order valence-corrected chi connectivity index (χ1v) is 8.88. The van der Waals surface area contributed by atoms with E-state index in [1.165, 1.54) is 43.9 Å². The van der Waals surface area contributed by atoms with Gasteiger partial charge in [0.1, 0.15) is 0 Å². The SMILES string of the molecule is CCN1CCN(Cc2ccc(CNC3=NCCCN3)cc2)CC1.I. The Labute approximate surface area is 162 Å². The Hall–Kier alpha value is -0.860. The molecule has 0 radical (unpaired) electrons. The third-order valence-corrected chi connectivity index (χ3v) is 4.70. The predicted octanol–water partition coefficient (Wildman–Crippen LogP) is 1.88. The van der Waals surface area contributed by atoms with Crippen LogP contribution < -0.4 is 10.6 Å². The van der Waals surface area contributed by atoms with Gasteiger partial charge in [-0.05, 0) is 24.1 Å². The van der Waals surface area contributed by atoms with Crippen LogP contribution in [0.25, 0.3) is 0 Å². The van der Waals surface area contributed by atoms with E-state index in [0.717, 1.165) is 38.6 Å². The highest BCUT2D eigenvalue weighted by Gasteiger charge is 2.15. The molecule has 5 nitrogen and oxygen atoms in total. The molecule has 0 atom stereocenters. The average molecular weight is 443 g/mol. The van der Waals surface area contributed by atoms with Crippen LogP contribution in [0, 0.1) is 0 Å². The smallest absolute Gasteiger partial charge is 0.191 e. The lowest BCUT2D eigenvalue weighted by Crippen LogP contribution is -2.45. The normalized spacial score (nSPS) is 19.1. The second-order valence-electron chi connectivity index (χ2n) is 6.39. The van der Waals surface area contributed by atoms with Gasteiger partial charge in [-0.25, -0.2) is 0 Å². The molecule has 0 saturated carbocycles. The zero-order chi connectivity index (χ0) is 15.9. The third kappa shape index (κ3) is 5.89. The van der Waals surface area contributed by atoms with Crippen LogP contribution in [-0.4, -0.2) is 61.6 Å².